The summed E-state index contributed by atoms with van der Waals surface area (Å²) in [6.07, 6.45) is 1.79. The molecule has 0 amide bonds. The molecule has 0 aliphatic carbocycles. The van der Waals surface area contributed by atoms with Crippen molar-refractivity contribution in [3.63, 3.8) is 0 Å². The Morgan fingerprint density at radius 2 is 1.58 bits per heavy atom. The van der Waals surface area contributed by atoms with Crippen LogP contribution in [0.4, 0.5) is 0 Å². The largest absolute Gasteiger partial charge is 0.309 e. The molecule has 0 aliphatic rings. The minimum atomic E-state index is -3.69. The van der Waals surface area contributed by atoms with Crippen LogP contribution in [-0.4, -0.2) is 72.6 Å². The highest BCUT2D eigenvalue weighted by atomic mass is 35.5. The molecular weight excluding hydrogens is 374 g/mol. The summed E-state index contributed by atoms with van der Waals surface area (Å²) in [6.45, 7) is 1.18. The van der Waals surface area contributed by atoms with Crippen LogP contribution in [0.5, 0.6) is 0 Å². The van der Waals surface area contributed by atoms with E-state index < -0.39 is 20.0 Å². The van der Waals surface area contributed by atoms with Crippen LogP contribution in [-0.2, 0) is 20.0 Å². The van der Waals surface area contributed by atoms with Gasteiger partial charge in [0.25, 0.3) is 0 Å². The summed E-state index contributed by atoms with van der Waals surface area (Å²) in [5.74, 6) is 0. The molecule has 138 valence electrons. The zero-order chi connectivity index (χ0) is 18.4. The number of halogens is 1. The Balaban J connectivity index is 2.62. The number of sulfonamides is 2. The van der Waals surface area contributed by atoms with Gasteiger partial charge in [0.2, 0.25) is 20.0 Å². The van der Waals surface area contributed by atoms with Crippen molar-refractivity contribution in [1.29, 1.82) is 0 Å². The van der Waals surface area contributed by atoms with Crippen LogP contribution in [0.15, 0.2) is 29.2 Å². The summed E-state index contributed by atoms with van der Waals surface area (Å²) in [4.78, 5) is 2.05. The second kappa shape index (κ2) is 9.12. The van der Waals surface area contributed by atoms with Gasteiger partial charge in [0.05, 0.1) is 11.2 Å². The van der Waals surface area contributed by atoms with E-state index in [9.17, 15) is 16.8 Å². The highest BCUT2D eigenvalue weighted by Crippen LogP contribution is 2.13. The summed E-state index contributed by atoms with van der Waals surface area (Å²) >= 11 is 5.74. The third-order valence-corrected chi connectivity index (χ3v) is 6.29. The van der Waals surface area contributed by atoms with Gasteiger partial charge in [0.15, 0.2) is 0 Å². The van der Waals surface area contributed by atoms with Gasteiger partial charge in [-0.2, -0.15) is 0 Å². The molecule has 0 bridgehead atoms. The van der Waals surface area contributed by atoms with Crippen LogP contribution < -0.4 is 4.72 Å². The van der Waals surface area contributed by atoms with Gasteiger partial charge in [-0.3, -0.25) is 0 Å². The Morgan fingerprint density at radius 3 is 2.08 bits per heavy atom. The van der Waals surface area contributed by atoms with Crippen LogP contribution >= 0.6 is 11.6 Å². The fraction of sp³-hybridized carbons (Fsp3) is 0.571. The van der Waals surface area contributed by atoms with Crippen molar-refractivity contribution >= 4 is 31.6 Å². The molecule has 1 N–H and O–H groups in total. The fourth-order valence-corrected chi connectivity index (χ4v) is 4.04. The van der Waals surface area contributed by atoms with Crippen LogP contribution in [0.25, 0.3) is 0 Å². The van der Waals surface area contributed by atoms with Crippen molar-refractivity contribution in [2.75, 3.05) is 46.5 Å². The molecule has 7 nitrogen and oxygen atoms in total. The van der Waals surface area contributed by atoms with E-state index in [2.05, 4.69) is 4.72 Å². The molecule has 0 heterocycles. The molecule has 0 aromatic heterocycles. The average molecular weight is 398 g/mol. The van der Waals surface area contributed by atoms with Gasteiger partial charge in [0.1, 0.15) is 0 Å². The first-order chi connectivity index (χ1) is 11.0. The zero-order valence-electron chi connectivity index (χ0n) is 14.1. The molecule has 1 aromatic carbocycles. The standard InChI is InChI=1S/C14H24ClN3O4S2/c1-17(2)10-4-11-18(23(3,19)20)12-9-16-24(21,22)14-7-5-13(15)6-8-14/h5-8,16H,4,9-12H2,1-3H3. The van der Waals surface area contributed by atoms with Gasteiger partial charge in [-0.15, -0.1) is 0 Å². The van der Waals surface area contributed by atoms with Gasteiger partial charge in [-0.1, -0.05) is 11.6 Å². The van der Waals surface area contributed by atoms with Crippen molar-refractivity contribution in [1.82, 2.24) is 13.9 Å². The summed E-state index contributed by atoms with van der Waals surface area (Å²) in [5, 5.41) is 0.443. The molecule has 24 heavy (non-hydrogen) atoms. The minimum Gasteiger partial charge on any atom is -0.309 e. The molecule has 0 atom stereocenters. The molecule has 0 unspecified atom stereocenters. The maximum atomic E-state index is 12.1. The van der Waals surface area contributed by atoms with E-state index in [1.165, 1.54) is 28.6 Å². The normalized spacial score (nSPS) is 12.9. The van der Waals surface area contributed by atoms with Crippen LogP contribution in [0.1, 0.15) is 6.42 Å². The van der Waals surface area contributed by atoms with Gasteiger partial charge in [-0.25, -0.2) is 25.9 Å². The summed E-state index contributed by atoms with van der Waals surface area (Å²) in [6, 6.07) is 5.77. The Hall–Kier alpha value is -0.710. The predicted octanol–water partition coefficient (Wildman–Crippen LogP) is 0.832. The molecule has 1 aromatic rings. The van der Waals surface area contributed by atoms with Gasteiger partial charge in [0, 0.05) is 24.7 Å². The Labute approximate surface area is 149 Å². The van der Waals surface area contributed by atoms with E-state index in [4.69, 9.17) is 11.6 Å². The lowest BCUT2D eigenvalue weighted by atomic mass is 10.4. The van der Waals surface area contributed by atoms with Gasteiger partial charge < -0.3 is 4.90 Å². The topological polar surface area (TPSA) is 86.8 Å². The summed E-state index contributed by atoms with van der Waals surface area (Å²) in [5.41, 5.74) is 0. The van der Waals surface area contributed by atoms with Crippen molar-refractivity contribution in [2.24, 2.45) is 0 Å². The number of hydrogen-bond acceptors (Lipinski definition) is 5. The van der Waals surface area contributed by atoms with Gasteiger partial charge in [-0.05, 0) is 51.3 Å². The molecule has 0 saturated carbocycles. The summed E-state index contributed by atoms with van der Waals surface area (Å²) < 4.78 is 51.6. The molecule has 0 spiro atoms. The second-order valence-electron chi connectivity index (χ2n) is 5.67. The lowest BCUT2D eigenvalue weighted by Gasteiger charge is -2.21. The first-order valence-corrected chi connectivity index (χ1v) is 11.1. The van der Waals surface area contributed by atoms with Crippen LogP contribution in [0, 0.1) is 0 Å². The molecule has 1 rings (SSSR count). The number of benzene rings is 1. The predicted molar refractivity (Wildman–Crippen MR) is 96.2 cm³/mol. The number of rotatable bonds is 10. The molecular formula is C14H24ClN3O4S2. The van der Waals surface area contributed by atoms with Crippen molar-refractivity contribution < 1.29 is 16.8 Å². The Kier molecular flexibility index (Phi) is 8.10. The van der Waals surface area contributed by atoms with Crippen molar-refractivity contribution in [2.45, 2.75) is 11.3 Å². The van der Waals surface area contributed by atoms with Crippen LogP contribution in [0.2, 0.25) is 5.02 Å². The maximum absolute atomic E-state index is 12.1. The van der Waals surface area contributed by atoms with E-state index in [0.717, 1.165) is 12.8 Å². The molecule has 0 aliphatic heterocycles. The first kappa shape index (κ1) is 21.3. The number of hydrogen-bond donors (Lipinski definition) is 1. The smallest absolute Gasteiger partial charge is 0.240 e. The average Bonchev–Trinajstić information content (AvgIpc) is 2.44. The molecule has 10 heteroatoms. The third kappa shape index (κ3) is 7.45. The Bertz CT molecular complexity index is 719. The van der Waals surface area contributed by atoms with Crippen molar-refractivity contribution in [3.05, 3.63) is 29.3 Å². The van der Waals surface area contributed by atoms with Crippen molar-refractivity contribution in [3.8, 4) is 0 Å². The maximum Gasteiger partial charge on any atom is 0.240 e. The SMILES string of the molecule is CN(C)CCCN(CCNS(=O)(=O)c1ccc(Cl)cc1)S(C)(=O)=O. The number of nitrogens with zero attached hydrogens (tertiary/aromatic N) is 2. The quantitative estimate of drug-likeness (QED) is 0.632. The molecule has 0 radical (unpaired) electrons. The van der Waals surface area contributed by atoms with E-state index in [1.54, 1.807) is 0 Å². The molecule has 0 saturated heterocycles. The lowest BCUT2D eigenvalue weighted by Crippen LogP contribution is -2.39. The zero-order valence-corrected chi connectivity index (χ0v) is 16.5. The fourth-order valence-electron chi connectivity index (χ4n) is 2.01. The van der Waals surface area contributed by atoms with E-state index in [-0.39, 0.29) is 18.0 Å². The lowest BCUT2D eigenvalue weighted by molar-refractivity contribution is 0.352. The van der Waals surface area contributed by atoms with E-state index in [1.807, 2.05) is 19.0 Å². The third-order valence-electron chi connectivity index (χ3n) is 3.26. The van der Waals surface area contributed by atoms with E-state index >= 15 is 0 Å². The van der Waals surface area contributed by atoms with Gasteiger partial charge >= 0.3 is 0 Å². The first-order valence-electron chi connectivity index (χ1n) is 7.37. The highest BCUT2D eigenvalue weighted by molar-refractivity contribution is 7.89. The van der Waals surface area contributed by atoms with Crippen LogP contribution in [0.3, 0.4) is 0 Å². The minimum absolute atomic E-state index is 0.00000591. The number of nitrogens with one attached hydrogen (secondary N) is 1. The molecule has 0 fully saturated rings. The van der Waals surface area contributed by atoms with E-state index in [0.29, 0.717) is 18.0 Å². The Morgan fingerprint density at radius 1 is 1.00 bits per heavy atom. The monoisotopic (exact) mass is 397 g/mol. The highest BCUT2D eigenvalue weighted by Gasteiger charge is 2.18. The second-order valence-corrected chi connectivity index (χ2v) is 9.86. The summed E-state index contributed by atoms with van der Waals surface area (Å²) in [7, 11) is -3.26.